The smallest absolute Gasteiger partial charge is 0.229 e. The number of hydrogen-bond donors (Lipinski definition) is 3. The van der Waals surface area contributed by atoms with Crippen molar-refractivity contribution in [1.29, 1.82) is 0 Å². The third kappa shape index (κ3) is 2.49. The zero-order valence-electron chi connectivity index (χ0n) is 8.79. The van der Waals surface area contributed by atoms with Crippen molar-refractivity contribution in [3.05, 3.63) is 36.0 Å². The minimum atomic E-state index is 0.0613. The van der Waals surface area contributed by atoms with Gasteiger partial charge in [-0.25, -0.2) is 4.98 Å². The first-order valence-electron chi connectivity index (χ1n) is 4.84. The Morgan fingerprint density at radius 3 is 2.76 bits per heavy atom. The molecule has 0 atom stereocenters. The van der Waals surface area contributed by atoms with E-state index in [0.717, 1.165) is 0 Å². The molecule has 0 spiro atoms. The quantitative estimate of drug-likeness (QED) is 0.543. The Morgan fingerprint density at radius 2 is 2.06 bits per heavy atom. The molecule has 86 valence electrons. The van der Waals surface area contributed by atoms with Gasteiger partial charge in [-0.05, 0) is 12.1 Å². The maximum absolute atomic E-state index is 10.6. The molecule has 0 saturated carbocycles. The second-order valence-electron chi connectivity index (χ2n) is 3.30. The number of carbonyl (C=O) groups is 1. The van der Waals surface area contributed by atoms with E-state index in [9.17, 15) is 9.90 Å². The van der Waals surface area contributed by atoms with E-state index in [2.05, 4.69) is 15.3 Å². The Balaban J connectivity index is 2.33. The molecule has 6 heteroatoms. The van der Waals surface area contributed by atoms with Crippen LogP contribution in [-0.4, -0.2) is 21.4 Å². The summed E-state index contributed by atoms with van der Waals surface area (Å²) >= 11 is 0. The number of nitrogens with one attached hydrogen (secondary N) is 1. The first-order chi connectivity index (χ1) is 8.19. The molecule has 0 aliphatic carbocycles. The summed E-state index contributed by atoms with van der Waals surface area (Å²) in [5, 5.41) is 12.3. The van der Waals surface area contributed by atoms with E-state index in [1.165, 1.54) is 12.1 Å². The van der Waals surface area contributed by atoms with Crippen LogP contribution >= 0.6 is 0 Å². The van der Waals surface area contributed by atoms with E-state index >= 15 is 0 Å². The molecule has 1 aromatic heterocycles. The summed E-state index contributed by atoms with van der Waals surface area (Å²) < 4.78 is 0. The number of aromatic hydroxyl groups is 1. The highest BCUT2D eigenvalue weighted by molar-refractivity contribution is 5.74. The van der Waals surface area contributed by atoms with Crippen molar-refractivity contribution in [3.8, 4) is 5.75 Å². The second-order valence-corrected chi connectivity index (χ2v) is 3.30. The minimum absolute atomic E-state index is 0.0613. The minimum Gasteiger partial charge on any atom is -0.506 e. The molecule has 2 rings (SSSR count). The average Bonchev–Trinajstić information content (AvgIpc) is 2.31. The van der Waals surface area contributed by atoms with Crippen LogP contribution < -0.4 is 11.1 Å². The number of anilines is 3. The summed E-state index contributed by atoms with van der Waals surface area (Å²) in [4.78, 5) is 18.4. The molecule has 0 radical (unpaired) electrons. The van der Waals surface area contributed by atoms with E-state index in [0.29, 0.717) is 12.0 Å². The van der Waals surface area contributed by atoms with Gasteiger partial charge in [-0.1, -0.05) is 12.1 Å². The maximum atomic E-state index is 10.6. The zero-order chi connectivity index (χ0) is 12.3. The monoisotopic (exact) mass is 230 g/mol. The van der Waals surface area contributed by atoms with E-state index in [-0.39, 0.29) is 23.2 Å². The van der Waals surface area contributed by atoms with Crippen LogP contribution in [0.25, 0.3) is 0 Å². The summed E-state index contributed by atoms with van der Waals surface area (Å²) in [6, 6.07) is 7.98. The lowest BCUT2D eigenvalue weighted by Gasteiger charge is -2.07. The number of nitrogens with two attached hydrogens (primary N) is 1. The number of rotatable bonds is 3. The lowest BCUT2D eigenvalue weighted by molar-refractivity contribution is 0.111. The lowest BCUT2D eigenvalue weighted by Crippen LogP contribution is -2.03. The SMILES string of the molecule is Nc1cc(C=O)nc(Nc2ccccc2O)n1. The number of carbonyl (C=O) groups excluding carboxylic acids is 1. The van der Waals surface area contributed by atoms with Crippen LogP contribution in [0.1, 0.15) is 10.5 Å². The average molecular weight is 230 g/mol. The maximum Gasteiger partial charge on any atom is 0.229 e. The van der Waals surface area contributed by atoms with Gasteiger partial charge in [0.2, 0.25) is 5.95 Å². The fraction of sp³-hybridized carbons (Fsp3) is 0. The highest BCUT2D eigenvalue weighted by Crippen LogP contribution is 2.24. The van der Waals surface area contributed by atoms with E-state index in [1.54, 1.807) is 18.2 Å². The van der Waals surface area contributed by atoms with Gasteiger partial charge in [0.25, 0.3) is 0 Å². The van der Waals surface area contributed by atoms with Gasteiger partial charge in [0.1, 0.15) is 17.3 Å². The van der Waals surface area contributed by atoms with Gasteiger partial charge >= 0.3 is 0 Å². The van der Waals surface area contributed by atoms with Crippen LogP contribution in [0.3, 0.4) is 0 Å². The number of nitrogen functional groups attached to an aromatic ring is 1. The molecule has 1 aromatic carbocycles. The number of aldehydes is 1. The van der Waals surface area contributed by atoms with E-state index < -0.39 is 0 Å². The molecule has 6 nitrogen and oxygen atoms in total. The number of para-hydroxylation sites is 2. The standard InChI is InChI=1S/C11H10N4O2/c12-10-5-7(6-16)13-11(15-10)14-8-3-1-2-4-9(8)17/h1-6,17H,(H3,12,13,14,15). The van der Waals surface area contributed by atoms with Crippen molar-refractivity contribution in [2.24, 2.45) is 0 Å². The Kier molecular flexibility index (Phi) is 2.87. The van der Waals surface area contributed by atoms with Gasteiger partial charge in [0, 0.05) is 6.07 Å². The summed E-state index contributed by atoms with van der Waals surface area (Å²) in [7, 11) is 0. The molecule has 0 bridgehead atoms. The fourth-order valence-electron chi connectivity index (χ4n) is 1.30. The molecule has 0 fully saturated rings. The van der Waals surface area contributed by atoms with Gasteiger partial charge < -0.3 is 16.2 Å². The van der Waals surface area contributed by atoms with Crippen LogP contribution in [0.5, 0.6) is 5.75 Å². The van der Waals surface area contributed by atoms with Crippen molar-refractivity contribution in [1.82, 2.24) is 9.97 Å². The number of hydrogen-bond acceptors (Lipinski definition) is 6. The molecule has 17 heavy (non-hydrogen) atoms. The molecule has 4 N–H and O–H groups in total. The highest BCUT2D eigenvalue weighted by Gasteiger charge is 2.05. The third-order valence-electron chi connectivity index (χ3n) is 2.04. The Morgan fingerprint density at radius 1 is 1.29 bits per heavy atom. The first-order valence-corrected chi connectivity index (χ1v) is 4.84. The predicted octanol–water partition coefficient (Wildman–Crippen LogP) is 1.32. The first kappa shape index (κ1) is 10.9. The fourth-order valence-corrected chi connectivity index (χ4v) is 1.30. The van der Waals surface area contributed by atoms with Gasteiger partial charge in [-0.3, -0.25) is 4.79 Å². The van der Waals surface area contributed by atoms with Crippen molar-refractivity contribution in [2.75, 3.05) is 11.1 Å². The van der Waals surface area contributed by atoms with E-state index in [4.69, 9.17) is 5.73 Å². The number of aromatic nitrogens is 2. The molecule has 1 heterocycles. The number of nitrogens with zero attached hydrogens (tertiary/aromatic N) is 2. The van der Waals surface area contributed by atoms with Crippen LogP contribution in [0.15, 0.2) is 30.3 Å². The molecule has 0 aliphatic rings. The van der Waals surface area contributed by atoms with Gasteiger partial charge in [0.05, 0.1) is 5.69 Å². The van der Waals surface area contributed by atoms with Gasteiger partial charge in [0.15, 0.2) is 6.29 Å². The number of benzene rings is 1. The van der Waals surface area contributed by atoms with Gasteiger partial charge in [-0.2, -0.15) is 4.98 Å². The van der Waals surface area contributed by atoms with Crippen LogP contribution in [0.4, 0.5) is 17.5 Å². The molecule has 2 aromatic rings. The van der Waals surface area contributed by atoms with Gasteiger partial charge in [-0.15, -0.1) is 0 Å². The normalized spacial score (nSPS) is 9.88. The van der Waals surface area contributed by atoms with Crippen molar-refractivity contribution >= 4 is 23.7 Å². The molecule has 0 aliphatic heterocycles. The molecule has 0 unspecified atom stereocenters. The summed E-state index contributed by atoms with van der Waals surface area (Å²) in [6.45, 7) is 0. The lowest BCUT2D eigenvalue weighted by atomic mass is 10.3. The van der Waals surface area contributed by atoms with Crippen molar-refractivity contribution in [2.45, 2.75) is 0 Å². The third-order valence-corrected chi connectivity index (χ3v) is 2.04. The molecular weight excluding hydrogens is 220 g/mol. The van der Waals surface area contributed by atoms with Crippen LogP contribution in [-0.2, 0) is 0 Å². The number of phenols is 1. The summed E-state index contributed by atoms with van der Waals surface area (Å²) in [5.41, 5.74) is 6.13. The molecule has 0 saturated heterocycles. The Bertz CT molecular complexity index is 557. The van der Waals surface area contributed by atoms with Crippen molar-refractivity contribution < 1.29 is 9.90 Å². The van der Waals surface area contributed by atoms with E-state index in [1.807, 2.05) is 0 Å². The second kappa shape index (κ2) is 4.48. The molecule has 0 amide bonds. The van der Waals surface area contributed by atoms with Crippen LogP contribution in [0, 0.1) is 0 Å². The molecular formula is C11H10N4O2. The Hall–Kier alpha value is -2.63. The summed E-state index contributed by atoms with van der Waals surface area (Å²) in [5.74, 6) is 0.403. The largest absolute Gasteiger partial charge is 0.506 e. The highest BCUT2D eigenvalue weighted by atomic mass is 16.3. The number of phenolic OH excluding ortho intramolecular Hbond substituents is 1. The van der Waals surface area contributed by atoms with Crippen LogP contribution in [0.2, 0.25) is 0 Å². The Labute approximate surface area is 97.1 Å². The van der Waals surface area contributed by atoms with Crippen molar-refractivity contribution in [3.63, 3.8) is 0 Å². The zero-order valence-corrected chi connectivity index (χ0v) is 8.79. The predicted molar refractivity (Wildman–Crippen MR) is 63.2 cm³/mol. The summed E-state index contributed by atoms with van der Waals surface area (Å²) in [6.07, 6.45) is 0.577. The topological polar surface area (TPSA) is 101 Å².